The Morgan fingerprint density at radius 3 is 2.52 bits per heavy atom. The third-order valence-corrected chi connectivity index (χ3v) is 5.37. The zero-order valence-electron chi connectivity index (χ0n) is 15.8. The minimum Gasteiger partial charge on any atom is -0.493 e. The van der Waals surface area contributed by atoms with Crippen molar-refractivity contribution in [3.8, 4) is 17.0 Å². The molecular formula is C22H19N3O3S. The van der Waals surface area contributed by atoms with E-state index in [1.165, 1.54) is 15.6 Å². The SMILES string of the molecule is CCOC(=O)Cc1cnc2c(-c3ccc(Sc4ccccc4)cc3)cnn2c1O. The topological polar surface area (TPSA) is 76.7 Å². The fraction of sp³-hybridized carbons (Fsp3) is 0.136. The quantitative estimate of drug-likeness (QED) is 0.481. The van der Waals surface area contributed by atoms with Gasteiger partial charge in [0, 0.05) is 27.1 Å². The van der Waals surface area contributed by atoms with E-state index >= 15 is 0 Å². The molecule has 2 aromatic carbocycles. The number of hydrogen-bond acceptors (Lipinski definition) is 6. The van der Waals surface area contributed by atoms with Gasteiger partial charge < -0.3 is 9.84 Å². The van der Waals surface area contributed by atoms with Gasteiger partial charge in [-0.05, 0) is 36.8 Å². The fourth-order valence-electron chi connectivity index (χ4n) is 2.98. The molecule has 0 saturated carbocycles. The first-order valence-corrected chi connectivity index (χ1v) is 10.0. The Morgan fingerprint density at radius 2 is 1.79 bits per heavy atom. The maximum atomic E-state index is 11.7. The third-order valence-electron chi connectivity index (χ3n) is 4.36. The number of rotatable bonds is 6. The molecule has 1 N–H and O–H groups in total. The molecule has 2 aromatic heterocycles. The predicted molar refractivity (Wildman–Crippen MR) is 111 cm³/mol. The van der Waals surface area contributed by atoms with Crippen LogP contribution in [0.4, 0.5) is 0 Å². The summed E-state index contributed by atoms with van der Waals surface area (Å²) in [5.41, 5.74) is 2.65. The number of carbonyl (C=O) groups excluding carboxylic acids is 1. The van der Waals surface area contributed by atoms with Crippen LogP contribution >= 0.6 is 11.8 Å². The van der Waals surface area contributed by atoms with Gasteiger partial charge in [0.2, 0.25) is 5.88 Å². The summed E-state index contributed by atoms with van der Waals surface area (Å²) in [4.78, 5) is 18.4. The maximum absolute atomic E-state index is 11.7. The molecule has 0 aliphatic rings. The zero-order valence-corrected chi connectivity index (χ0v) is 16.6. The highest BCUT2D eigenvalue weighted by Crippen LogP contribution is 2.31. The first-order valence-electron chi connectivity index (χ1n) is 9.19. The molecule has 4 aromatic rings. The number of nitrogens with zero attached hydrogens (tertiary/aromatic N) is 3. The molecule has 0 spiro atoms. The van der Waals surface area contributed by atoms with Gasteiger partial charge in [0.15, 0.2) is 5.65 Å². The lowest BCUT2D eigenvalue weighted by Gasteiger charge is -2.07. The van der Waals surface area contributed by atoms with Crippen molar-refractivity contribution < 1.29 is 14.6 Å². The van der Waals surface area contributed by atoms with Crippen LogP contribution in [0.15, 0.2) is 76.8 Å². The molecule has 0 unspecified atom stereocenters. The van der Waals surface area contributed by atoms with Gasteiger partial charge in [-0.1, -0.05) is 42.1 Å². The van der Waals surface area contributed by atoms with E-state index in [9.17, 15) is 9.90 Å². The first kappa shape index (κ1) is 19.0. The van der Waals surface area contributed by atoms with E-state index in [1.54, 1.807) is 24.9 Å². The number of fused-ring (bicyclic) bond motifs is 1. The van der Waals surface area contributed by atoms with Crippen molar-refractivity contribution in [2.24, 2.45) is 0 Å². The Morgan fingerprint density at radius 1 is 1.07 bits per heavy atom. The standard InChI is InChI=1S/C22H19N3O3S/c1-2-28-20(26)12-16-13-23-21-19(14-24-25(21)22(16)27)15-8-10-18(11-9-15)29-17-6-4-3-5-7-17/h3-11,13-14,27H,2,12H2,1H3. The summed E-state index contributed by atoms with van der Waals surface area (Å²) in [6.45, 7) is 2.03. The van der Waals surface area contributed by atoms with Gasteiger partial charge in [-0.25, -0.2) is 4.98 Å². The highest BCUT2D eigenvalue weighted by atomic mass is 32.2. The monoisotopic (exact) mass is 405 g/mol. The summed E-state index contributed by atoms with van der Waals surface area (Å²) in [6.07, 6.45) is 3.10. The summed E-state index contributed by atoms with van der Waals surface area (Å²) in [5.74, 6) is -0.520. The molecule has 0 fully saturated rings. The number of esters is 1. The summed E-state index contributed by atoms with van der Waals surface area (Å²) in [5, 5.41) is 14.7. The largest absolute Gasteiger partial charge is 0.493 e. The van der Waals surface area contributed by atoms with E-state index in [0.29, 0.717) is 17.8 Å². The van der Waals surface area contributed by atoms with Gasteiger partial charge in [-0.3, -0.25) is 4.79 Å². The second kappa shape index (κ2) is 8.36. The predicted octanol–water partition coefficient (Wildman–Crippen LogP) is 4.36. The molecule has 0 saturated heterocycles. The van der Waals surface area contributed by atoms with Crippen molar-refractivity contribution in [1.82, 2.24) is 14.6 Å². The van der Waals surface area contributed by atoms with Gasteiger partial charge in [-0.15, -0.1) is 0 Å². The van der Waals surface area contributed by atoms with Crippen molar-refractivity contribution in [3.05, 3.63) is 72.6 Å². The zero-order chi connectivity index (χ0) is 20.2. The molecule has 0 aliphatic carbocycles. The average Bonchev–Trinajstić information content (AvgIpc) is 3.17. The summed E-state index contributed by atoms with van der Waals surface area (Å²) < 4.78 is 6.28. The highest BCUT2D eigenvalue weighted by molar-refractivity contribution is 7.99. The molecule has 6 nitrogen and oxygen atoms in total. The number of aromatic hydroxyl groups is 1. The van der Waals surface area contributed by atoms with Crippen LogP contribution in [0, 0.1) is 0 Å². The Hall–Kier alpha value is -3.32. The van der Waals surface area contributed by atoms with Gasteiger partial charge in [0.25, 0.3) is 0 Å². The lowest BCUT2D eigenvalue weighted by molar-refractivity contribution is -0.142. The second-order valence-corrected chi connectivity index (χ2v) is 7.47. The Kier molecular flexibility index (Phi) is 5.48. The van der Waals surface area contributed by atoms with Crippen LogP contribution in [0.2, 0.25) is 0 Å². The van der Waals surface area contributed by atoms with Gasteiger partial charge in [0.05, 0.1) is 19.2 Å². The molecule has 0 aliphatic heterocycles. The van der Waals surface area contributed by atoms with Crippen LogP contribution in [-0.4, -0.2) is 32.3 Å². The number of benzene rings is 2. The number of hydrogen-bond donors (Lipinski definition) is 1. The van der Waals surface area contributed by atoms with Crippen LogP contribution < -0.4 is 0 Å². The molecule has 0 bridgehead atoms. The smallest absolute Gasteiger partial charge is 0.310 e. The van der Waals surface area contributed by atoms with Crippen molar-refractivity contribution >= 4 is 23.4 Å². The van der Waals surface area contributed by atoms with Gasteiger partial charge in [-0.2, -0.15) is 9.61 Å². The molecule has 2 heterocycles. The normalized spacial score (nSPS) is 10.9. The first-order chi connectivity index (χ1) is 14.2. The molecule has 0 amide bonds. The van der Waals surface area contributed by atoms with E-state index in [1.807, 2.05) is 42.5 Å². The van der Waals surface area contributed by atoms with Crippen molar-refractivity contribution in [1.29, 1.82) is 0 Å². The van der Waals surface area contributed by atoms with E-state index in [0.717, 1.165) is 16.0 Å². The Balaban J connectivity index is 1.59. The molecule has 4 rings (SSSR count). The van der Waals surface area contributed by atoms with Gasteiger partial charge >= 0.3 is 5.97 Å². The van der Waals surface area contributed by atoms with Crippen LogP contribution in [0.1, 0.15) is 12.5 Å². The van der Waals surface area contributed by atoms with Crippen LogP contribution in [-0.2, 0) is 16.0 Å². The lowest BCUT2D eigenvalue weighted by atomic mass is 10.1. The fourth-order valence-corrected chi connectivity index (χ4v) is 3.81. The second-order valence-electron chi connectivity index (χ2n) is 6.32. The lowest BCUT2D eigenvalue weighted by Crippen LogP contribution is -2.09. The van der Waals surface area contributed by atoms with Crippen molar-refractivity contribution in [2.45, 2.75) is 23.1 Å². The number of aromatic nitrogens is 3. The van der Waals surface area contributed by atoms with Crippen LogP contribution in [0.25, 0.3) is 16.8 Å². The van der Waals surface area contributed by atoms with Gasteiger partial charge in [0.1, 0.15) is 0 Å². The van der Waals surface area contributed by atoms with E-state index in [4.69, 9.17) is 4.74 Å². The molecule has 7 heteroatoms. The third kappa shape index (κ3) is 4.09. The Labute approximate surface area is 172 Å². The van der Waals surface area contributed by atoms with E-state index < -0.39 is 5.97 Å². The van der Waals surface area contributed by atoms with Crippen molar-refractivity contribution in [3.63, 3.8) is 0 Å². The molecule has 0 radical (unpaired) electrons. The van der Waals surface area contributed by atoms with E-state index in [2.05, 4.69) is 22.2 Å². The maximum Gasteiger partial charge on any atom is 0.310 e. The van der Waals surface area contributed by atoms with Crippen LogP contribution in [0.5, 0.6) is 5.88 Å². The molecule has 0 atom stereocenters. The summed E-state index contributed by atoms with van der Waals surface area (Å²) in [7, 11) is 0. The summed E-state index contributed by atoms with van der Waals surface area (Å²) in [6, 6.07) is 18.3. The number of carbonyl (C=O) groups is 1. The molecule has 146 valence electrons. The summed E-state index contributed by atoms with van der Waals surface area (Å²) >= 11 is 1.69. The minimum atomic E-state index is -0.414. The van der Waals surface area contributed by atoms with Crippen LogP contribution in [0.3, 0.4) is 0 Å². The van der Waals surface area contributed by atoms with Crippen molar-refractivity contribution in [2.75, 3.05) is 6.61 Å². The highest BCUT2D eigenvalue weighted by Gasteiger charge is 2.16. The molecule has 29 heavy (non-hydrogen) atoms. The number of ether oxygens (including phenoxy) is 1. The Bertz CT molecular complexity index is 1140. The average molecular weight is 405 g/mol. The van der Waals surface area contributed by atoms with E-state index in [-0.39, 0.29) is 12.3 Å². The minimum absolute atomic E-state index is 0.0524. The molecular weight excluding hydrogens is 386 g/mol.